The lowest BCUT2D eigenvalue weighted by Crippen LogP contribution is -2.54. The summed E-state index contributed by atoms with van der Waals surface area (Å²) in [4.78, 5) is 36.9. The van der Waals surface area contributed by atoms with Crippen LogP contribution in [0, 0.1) is 11.8 Å². The van der Waals surface area contributed by atoms with E-state index in [1.165, 1.54) is 7.11 Å². The highest BCUT2D eigenvalue weighted by Gasteiger charge is 2.31. The van der Waals surface area contributed by atoms with Gasteiger partial charge in [-0.05, 0) is 23.8 Å². The molecule has 2 N–H and O–H groups in total. The van der Waals surface area contributed by atoms with Crippen LogP contribution in [-0.2, 0) is 25.7 Å². The Kier molecular flexibility index (Phi) is 10.1. The number of amides is 2. The Balaban J connectivity index is 2.75. The predicted octanol–water partition coefficient (Wildman–Crippen LogP) is 3.03. The quantitative estimate of drug-likeness (QED) is 0.597. The lowest BCUT2D eigenvalue weighted by molar-refractivity contribution is -0.146. The second kappa shape index (κ2) is 12.0. The Bertz CT molecular complexity index is 633. The van der Waals surface area contributed by atoms with Crippen molar-refractivity contribution in [1.29, 1.82) is 0 Å². The molecule has 0 bridgehead atoms. The van der Waals surface area contributed by atoms with Gasteiger partial charge in [0.1, 0.15) is 18.7 Å². The van der Waals surface area contributed by atoms with Crippen LogP contribution in [0.1, 0.15) is 46.1 Å². The average molecular weight is 392 g/mol. The van der Waals surface area contributed by atoms with E-state index in [0.29, 0.717) is 12.8 Å². The lowest BCUT2D eigenvalue weighted by atomic mass is 9.97. The Hall–Kier alpha value is -2.57. The van der Waals surface area contributed by atoms with E-state index in [1.807, 2.05) is 58.0 Å². The molecule has 7 heteroatoms. The van der Waals surface area contributed by atoms with Crippen molar-refractivity contribution < 1.29 is 23.9 Å². The Morgan fingerprint density at radius 1 is 1.04 bits per heavy atom. The first-order valence-electron chi connectivity index (χ1n) is 9.63. The average Bonchev–Trinajstić information content (AvgIpc) is 2.69. The standard InChI is InChI=1S/C21H32N2O5/c1-6-15(4)18(20(25)27-5)23-19(24)17(12-14(2)3)22-21(26)28-13-16-10-8-7-9-11-16/h7-11,14-15,17-18H,6,12-13H2,1-5H3,(H,22,26)(H,23,24)/t15-,17-,18+/m1/s1. The van der Waals surface area contributed by atoms with Crippen LogP contribution >= 0.6 is 0 Å². The molecule has 7 nitrogen and oxygen atoms in total. The van der Waals surface area contributed by atoms with Crippen LogP contribution in [0.2, 0.25) is 0 Å². The fraction of sp³-hybridized carbons (Fsp3) is 0.571. The van der Waals surface area contributed by atoms with Gasteiger partial charge in [-0.2, -0.15) is 0 Å². The van der Waals surface area contributed by atoms with Gasteiger partial charge in [0.25, 0.3) is 0 Å². The van der Waals surface area contributed by atoms with E-state index in [1.54, 1.807) is 0 Å². The third kappa shape index (κ3) is 7.98. The first kappa shape index (κ1) is 23.5. The van der Waals surface area contributed by atoms with Crippen molar-refractivity contribution in [3.8, 4) is 0 Å². The van der Waals surface area contributed by atoms with E-state index in [4.69, 9.17) is 9.47 Å². The number of benzene rings is 1. The number of carbonyl (C=O) groups is 3. The van der Waals surface area contributed by atoms with Gasteiger partial charge in [0, 0.05) is 0 Å². The molecule has 0 radical (unpaired) electrons. The Morgan fingerprint density at radius 2 is 1.68 bits per heavy atom. The fourth-order valence-electron chi connectivity index (χ4n) is 2.66. The van der Waals surface area contributed by atoms with Crippen LogP contribution in [0.5, 0.6) is 0 Å². The maximum atomic E-state index is 12.8. The normalized spacial score (nSPS) is 13.9. The van der Waals surface area contributed by atoms with Crippen molar-refractivity contribution in [2.24, 2.45) is 11.8 Å². The molecule has 156 valence electrons. The second-order valence-electron chi connectivity index (χ2n) is 7.28. The summed E-state index contributed by atoms with van der Waals surface area (Å²) in [5.74, 6) is -0.870. The van der Waals surface area contributed by atoms with E-state index in [2.05, 4.69) is 10.6 Å². The highest BCUT2D eigenvalue weighted by molar-refractivity contribution is 5.89. The number of ether oxygens (including phenoxy) is 2. The Morgan fingerprint density at radius 3 is 2.21 bits per heavy atom. The van der Waals surface area contributed by atoms with Crippen molar-refractivity contribution in [3.63, 3.8) is 0 Å². The first-order valence-corrected chi connectivity index (χ1v) is 9.63. The van der Waals surface area contributed by atoms with Gasteiger partial charge >= 0.3 is 12.1 Å². The van der Waals surface area contributed by atoms with E-state index in [9.17, 15) is 14.4 Å². The number of rotatable bonds is 10. The number of hydrogen-bond donors (Lipinski definition) is 2. The van der Waals surface area contributed by atoms with Gasteiger partial charge < -0.3 is 20.1 Å². The topological polar surface area (TPSA) is 93.7 Å². The van der Waals surface area contributed by atoms with E-state index < -0.39 is 30.1 Å². The molecule has 1 rings (SSSR count). The van der Waals surface area contributed by atoms with Crippen molar-refractivity contribution in [3.05, 3.63) is 35.9 Å². The zero-order valence-corrected chi connectivity index (χ0v) is 17.4. The number of esters is 1. The summed E-state index contributed by atoms with van der Waals surface area (Å²) in [5.41, 5.74) is 0.852. The first-order chi connectivity index (χ1) is 13.3. The van der Waals surface area contributed by atoms with Crippen LogP contribution in [0.15, 0.2) is 30.3 Å². The van der Waals surface area contributed by atoms with Gasteiger partial charge in [-0.25, -0.2) is 9.59 Å². The minimum atomic E-state index is -0.806. The molecule has 0 aliphatic heterocycles. The van der Waals surface area contributed by atoms with Crippen molar-refractivity contribution in [2.45, 2.75) is 59.2 Å². The molecule has 1 aromatic carbocycles. The molecule has 0 saturated heterocycles. The van der Waals surface area contributed by atoms with Crippen LogP contribution < -0.4 is 10.6 Å². The van der Waals surface area contributed by atoms with Gasteiger partial charge in [0.2, 0.25) is 5.91 Å². The number of alkyl carbamates (subject to hydrolysis) is 1. The monoisotopic (exact) mass is 392 g/mol. The SMILES string of the molecule is CC[C@@H](C)[C@H](NC(=O)[C@@H](CC(C)C)NC(=O)OCc1ccccc1)C(=O)OC. The minimum absolute atomic E-state index is 0.0962. The molecule has 0 aliphatic carbocycles. The number of carbonyl (C=O) groups excluding carboxylic acids is 3. The number of hydrogen-bond acceptors (Lipinski definition) is 5. The summed E-state index contributed by atoms with van der Waals surface area (Å²) in [6.45, 7) is 7.80. The highest BCUT2D eigenvalue weighted by atomic mass is 16.5. The van der Waals surface area contributed by atoms with E-state index in [0.717, 1.165) is 5.56 Å². The van der Waals surface area contributed by atoms with Crippen LogP contribution in [-0.4, -0.2) is 37.2 Å². The third-order valence-corrected chi connectivity index (χ3v) is 4.49. The molecule has 3 atom stereocenters. The number of methoxy groups -OCH3 is 1. The van der Waals surface area contributed by atoms with Crippen LogP contribution in [0.25, 0.3) is 0 Å². The predicted molar refractivity (Wildman–Crippen MR) is 106 cm³/mol. The molecule has 0 heterocycles. The molecule has 0 aromatic heterocycles. The van der Waals surface area contributed by atoms with Gasteiger partial charge in [0.05, 0.1) is 7.11 Å². The summed E-state index contributed by atoms with van der Waals surface area (Å²) >= 11 is 0. The molecular weight excluding hydrogens is 360 g/mol. The zero-order chi connectivity index (χ0) is 21.1. The lowest BCUT2D eigenvalue weighted by Gasteiger charge is -2.26. The van der Waals surface area contributed by atoms with E-state index in [-0.39, 0.29) is 18.4 Å². The Labute approximate surface area is 167 Å². The second-order valence-corrected chi connectivity index (χ2v) is 7.28. The molecule has 0 saturated carbocycles. The smallest absolute Gasteiger partial charge is 0.408 e. The van der Waals surface area contributed by atoms with Crippen molar-refractivity contribution >= 4 is 18.0 Å². The molecule has 0 spiro atoms. The molecule has 0 aliphatic rings. The number of nitrogens with one attached hydrogen (secondary N) is 2. The van der Waals surface area contributed by atoms with Crippen LogP contribution in [0.3, 0.4) is 0 Å². The maximum absolute atomic E-state index is 12.8. The zero-order valence-electron chi connectivity index (χ0n) is 17.4. The highest BCUT2D eigenvalue weighted by Crippen LogP contribution is 2.12. The van der Waals surface area contributed by atoms with Gasteiger partial charge in [-0.15, -0.1) is 0 Å². The molecular formula is C21H32N2O5. The van der Waals surface area contributed by atoms with Gasteiger partial charge in [-0.1, -0.05) is 64.4 Å². The minimum Gasteiger partial charge on any atom is -0.467 e. The van der Waals surface area contributed by atoms with Gasteiger partial charge in [0.15, 0.2) is 0 Å². The summed E-state index contributed by atoms with van der Waals surface area (Å²) < 4.78 is 10.0. The summed E-state index contributed by atoms with van der Waals surface area (Å²) in [6.07, 6.45) is 0.435. The fourth-order valence-corrected chi connectivity index (χ4v) is 2.66. The molecule has 28 heavy (non-hydrogen) atoms. The van der Waals surface area contributed by atoms with Gasteiger partial charge in [-0.3, -0.25) is 4.79 Å². The molecule has 1 aromatic rings. The summed E-state index contributed by atoms with van der Waals surface area (Å²) in [7, 11) is 1.29. The van der Waals surface area contributed by atoms with Crippen molar-refractivity contribution in [2.75, 3.05) is 7.11 Å². The van der Waals surface area contributed by atoms with E-state index >= 15 is 0 Å². The van der Waals surface area contributed by atoms with Crippen LogP contribution in [0.4, 0.5) is 4.79 Å². The summed E-state index contributed by atoms with van der Waals surface area (Å²) in [6, 6.07) is 7.71. The largest absolute Gasteiger partial charge is 0.467 e. The van der Waals surface area contributed by atoms with Crippen molar-refractivity contribution in [1.82, 2.24) is 10.6 Å². The third-order valence-electron chi connectivity index (χ3n) is 4.49. The molecule has 0 unspecified atom stereocenters. The molecule has 2 amide bonds. The summed E-state index contributed by atoms with van der Waals surface area (Å²) in [5, 5.41) is 5.33. The molecule has 0 fully saturated rings. The maximum Gasteiger partial charge on any atom is 0.408 e.